The smallest absolute Gasteiger partial charge is 0.242 e. The highest BCUT2D eigenvalue weighted by atomic mass is 19.1. The first-order valence-corrected chi connectivity index (χ1v) is 9.92. The summed E-state index contributed by atoms with van der Waals surface area (Å²) in [6.07, 6.45) is 0.369. The molecule has 0 aromatic heterocycles. The van der Waals surface area contributed by atoms with Crippen LogP contribution in [-0.4, -0.2) is 67.1 Å². The van der Waals surface area contributed by atoms with Crippen molar-refractivity contribution in [2.75, 3.05) is 39.4 Å². The molecule has 0 aliphatic carbocycles. The van der Waals surface area contributed by atoms with Gasteiger partial charge >= 0.3 is 0 Å². The van der Waals surface area contributed by atoms with E-state index in [9.17, 15) is 14.0 Å². The van der Waals surface area contributed by atoms with Crippen LogP contribution in [0.5, 0.6) is 0 Å². The molecule has 0 N–H and O–H groups in total. The maximum absolute atomic E-state index is 13.4. The SMILES string of the molecule is CC(C)CN1C[C@@H](OCc2cccc(F)c2)CN(C(=O)[C@@H]2CCOC2)CC1=O. The van der Waals surface area contributed by atoms with E-state index in [1.807, 2.05) is 0 Å². The summed E-state index contributed by atoms with van der Waals surface area (Å²) >= 11 is 0. The number of benzene rings is 1. The molecule has 0 bridgehead atoms. The average molecular weight is 392 g/mol. The molecule has 2 aliphatic rings. The molecule has 0 radical (unpaired) electrons. The van der Waals surface area contributed by atoms with E-state index in [4.69, 9.17) is 9.47 Å². The fourth-order valence-corrected chi connectivity index (χ4v) is 3.70. The highest BCUT2D eigenvalue weighted by Crippen LogP contribution is 2.19. The molecule has 2 heterocycles. The normalized spacial score (nSPS) is 23.4. The van der Waals surface area contributed by atoms with Gasteiger partial charge in [-0.1, -0.05) is 26.0 Å². The molecule has 6 nitrogen and oxygen atoms in total. The monoisotopic (exact) mass is 392 g/mol. The third-order valence-corrected chi connectivity index (χ3v) is 5.08. The maximum atomic E-state index is 13.4. The van der Waals surface area contributed by atoms with Crippen molar-refractivity contribution in [1.82, 2.24) is 9.80 Å². The van der Waals surface area contributed by atoms with Crippen molar-refractivity contribution in [2.45, 2.75) is 33.0 Å². The van der Waals surface area contributed by atoms with Crippen molar-refractivity contribution in [3.63, 3.8) is 0 Å². The van der Waals surface area contributed by atoms with Crippen LogP contribution >= 0.6 is 0 Å². The highest BCUT2D eigenvalue weighted by Gasteiger charge is 2.35. The molecule has 2 aliphatic heterocycles. The molecule has 1 aromatic rings. The molecule has 2 saturated heterocycles. The van der Waals surface area contributed by atoms with Crippen LogP contribution in [-0.2, 0) is 25.7 Å². The maximum Gasteiger partial charge on any atom is 0.242 e. The van der Waals surface area contributed by atoms with Crippen molar-refractivity contribution in [2.24, 2.45) is 11.8 Å². The lowest BCUT2D eigenvalue weighted by atomic mass is 10.1. The molecule has 0 unspecified atom stereocenters. The van der Waals surface area contributed by atoms with Crippen LogP contribution in [0.15, 0.2) is 24.3 Å². The van der Waals surface area contributed by atoms with Crippen molar-refractivity contribution >= 4 is 11.8 Å². The van der Waals surface area contributed by atoms with Gasteiger partial charge in [0.05, 0.1) is 31.8 Å². The minimum Gasteiger partial charge on any atom is -0.381 e. The summed E-state index contributed by atoms with van der Waals surface area (Å²) in [6.45, 7) is 6.81. The topological polar surface area (TPSA) is 59.1 Å². The number of amides is 2. The lowest BCUT2D eigenvalue weighted by Crippen LogP contribution is -2.43. The Hall–Kier alpha value is -1.99. The molecule has 3 rings (SSSR count). The Bertz CT molecular complexity index is 691. The summed E-state index contributed by atoms with van der Waals surface area (Å²) in [5.41, 5.74) is 0.730. The summed E-state index contributed by atoms with van der Waals surface area (Å²) in [7, 11) is 0. The van der Waals surface area contributed by atoms with E-state index in [2.05, 4.69) is 13.8 Å². The van der Waals surface area contributed by atoms with Crippen LogP contribution < -0.4 is 0 Å². The molecule has 1 aromatic carbocycles. The van der Waals surface area contributed by atoms with E-state index in [-0.39, 0.29) is 42.8 Å². The van der Waals surface area contributed by atoms with Crippen molar-refractivity contribution in [3.8, 4) is 0 Å². The Kier molecular flexibility index (Phi) is 7.02. The van der Waals surface area contributed by atoms with E-state index < -0.39 is 0 Å². The lowest BCUT2D eigenvalue weighted by molar-refractivity contribution is -0.141. The molecule has 0 saturated carbocycles. The minimum atomic E-state index is -0.320. The van der Waals surface area contributed by atoms with Gasteiger partial charge in [-0.25, -0.2) is 4.39 Å². The molecule has 0 spiro atoms. The van der Waals surface area contributed by atoms with Gasteiger partial charge in [-0.3, -0.25) is 9.59 Å². The first-order valence-electron chi connectivity index (χ1n) is 9.92. The summed E-state index contributed by atoms with van der Waals surface area (Å²) in [6, 6.07) is 6.27. The van der Waals surface area contributed by atoms with Gasteiger partial charge < -0.3 is 19.3 Å². The Labute approximate surface area is 165 Å². The number of hydrogen-bond acceptors (Lipinski definition) is 4. The number of carbonyl (C=O) groups is 2. The van der Waals surface area contributed by atoms with Gasteiger partial charge in [-0.2, -0.15) is 0 Å². The van der Waals surface area contributed by atoms with Crippen LogP contribution in [0.4, 0.5) is 4.39 Å². The van der Waals surface area contributed by atoms with Crippen LogP contribution in [0, 0.1) is 17.7 Å². The largest absolute Gasteiger partial charge is 0.381 e. The molecule has 28 heavy (non-hydrogen) atoms. The van der Waals surface area contributed by atoms with Gasteiger partial charge in [-0.15, -0.1) is 0 Å². The Morgan fingerprint density at radius 3 is 2.86 bits per heavy atom. The fraction of sp³-hybridized carbons (Fsp3) is 0.619. The number of rotatable bonds is 6. The third kappa shape index (κ3) is 5.52. The summed E-state index contributed by atoms with van der Waals surface area (Å²) in [4.78, 5) is 29.0. The molecule has 2 atom stereocenters. The number of carbonyl (C=O) groups excluding carboxylic acids is 2. The third-order valence-electron chi connectivity index (χ3n) is 5.08. The second-order valence-corrected chi connectivity index (χ2v) is 8.03. The van der Waals surface area contributed by atoms with E-state index in [1.165, 1.54) is 12.1 Å². The zero-order chi connectivity index (χ0) is 20.1. The lowest BCUT2D eigenvalue weighted by Gasteiger charge is -2.26. The van der Waals surface area contributed by atoms with E-state index in [0.717, 1.165) is 5.56 Å². The second-order valence-electron chi connectivity index (χ2n) is 8.03. The quantitative estimate of drug-likeness (QED) is 0.744. The van der Waals surface area contributed by atoms with Crippen LogP contribution in [0.3, 0.4) is 0 Å². The van der Waals surface area contributed by atoms with E-state index in [1.54, 1.807) is 21.9 Å². The zero-order valence-electron chi connectivity index (χ0n) is 16.6. The first kappa shape index (κ1) is 20.7. The highest BCUT2D eigenvalue weighted by molar-refractivity contribution is 5.86. The van der Waals surface area contributed by atoms with Gasteiger partial charge in [0, 0.05) is 26.2 Å². The minimum absolute atomic E-state index is 0.0448. The van der Waals surface area contributed by atoms with E-state index >= 15 is 0 Å². The van der Waals surface area contributed by atoms with Gasteiger partial charge in [0.15, 0.2) is 0 Å². The fourth-order valence-electron chi connectivity index (χ4n) is 3.70. The Morgan fingerprint density at radius 1 is 1.36 bits per heavy atom. The molecular formula is C21H29FN2O4. The predicted octanol–water partition coefficient (Wildman–Crippen LogP) is 2.07. The number of halogens is 1. The molecule has 2 fully saturated rings. The molecule has 7 heteroatoms. The zero-order valence-corrected chi connectivity index (χ0v) is 16.6. The van der Waals surface area contributed by atoms with Gasteiger partial charge in [0.2, 0.25) is 11.8 Å². The summed E-state index contributed by atoms with van der Waals surface area (Å²) in [5, 5.41) is 0. The molecule has 154 valence electrons. The number of nitrogens with zero attached hydrogens (tertiary/aromatic N) is 2. The molecular weight excluding hydrogens is 363 g/mol. The van der Waals surface area contributed by atoms with Crippen molar-refractivity contribution in [3.05, 3.63) is 35.6 Å². The van der Waals surface area contributed by atoms with Crippen molar-refractivity contribution in [1.29, 1.82) is 0 Å². The summed E-state index contributed by atoms with van der Waals surface area (Å²) < 4.78 is 24.8. The van der Waals surface area contributed by atoms with Gasteiger partial charge in [0.25, 0.3) is 0 Å². The van der Waals surface area contributed by atoms with Gasteiger partial charge in [-0.05, 0) is 30.0 Å². The number of hydrogen-bond donors (Lipinski definition) is 0. The average Bonchev–Trinajstić information content (AvgIpc) is 3.13. The predicted molar refractivity (Wildman–Crippen MR) is 102 cm³/mol. The van der Waals surface area contributed by atoms with Crippen LogP contribution in [0.25, 0.3) is 0 Å². The Morgan fingerprint density at radius 2 is 2.18 bits per heavy atom. The van der Waals surface area contributed by atoms with E-state index in [0.29, 0.717) is 45.2 Å². The second kappa shape index (κ2) is 9.47. The standard InChI is InChI=1S/C21H29FN2O4/c1-15(2)9-23-10-19(28-13-16-4-3-5-18(22)8-16)11-24(12-20(23)25)21(26)17-6-7-27-14-17/h3-5,8,15,17,19H,6-7,9-14H2,1-2H3/t17-,19-/m1/s1. The Balaban J connectivity index is 1.71. The van der Waals surface area contributed by atoms with Gasteiger partial charge in [0.1, 0.15) is 5.82 Å². The van der Waals surface area contributed by atoms with Crippen LogP contribution in [0.1, 0.15) is 25.8 Å². The first-order chi connectivity index (χ1) is 13.4. The molecule has 2 amide bonds. The number of ether oxygens (including phenoxy) is 2. The van der Waals surface area contributed by atoms with Crippen molar-refractivity contribution < 1.29 is 23.5 Å². The summed E-state index contributed by atoms with van der Waals surface area (Å²) in [5.74, 6) is -0.280. The van der Waals surface area contributed by atoms with Crippen LogP contribution in [0.2, 0.25) is 0 Å².